The first-order valence-electron chi connectivity index (χ1n) is 9.06. The van der Waals surface area contributed by atoms with Crippen molar-refractivity contribution in [2.45, 2.75) is 26.1 Å². The number of carbonyl (C=O) groups excluding carboxylic acids is 2. The molecule has 4 rings (SSSR count). The van der Waals surface area contributed by atoms with Crippen LogP contribution in [0.5, 0.6) is 0 Å². The van der Waals surface area contributed by atoms with Crippen LogP contribution in [-0.2, 0) is 14.3 Å². The molecule has 8 heteroatoms. The Kier molecular flexibility index (Phi) is 5.43. The molecule has 0 aliphatic carbocycles. The SMILES string of the molecule is C[C@@H]1CN(C(=O)COC(=O)c2ccc(-c3nc4ccccc4s3)s2)C[C@@H](C)O1. The third-order valence-electron chi connectivity index (χ3n) is 4.41. The highest BCUT2D eigenvalue weighted by molar-refractivity contribution is 7.26. The molecule has 28 heavy (non-hydrogen) atoms. The molecule has 3 heterocycles. The lowest BCUT2D eigenvalue weighted by atomic mass is 10.2. The summed E-state index contributed by atoms with van der Waals surface area (Å²) in [5, 5.41) is 0.873. The number of rotatable bonds is 4. The molecule has 1 saturated heterocycles. The van der Waals surface area contributed by atoms with Gasteiger partial charge in [0.15, 0.2) is 6.61 Å². The lowest BCUT2D eigenvalue weighted by Crippen LogP contribution is -2.49. The molecule has 0 spiro atoms. The molecule has 0 saturated carbocycles. The first-order chi connectivity index (χ1) is 13.5. The molecule has 6 nitrogen and oxygen atoms in total. The van der Waals surface area contributed by atoms with Gasteiger partial charge in [0.05, 0.1) is 27.3 Å². The van der Waals surface area contributed by atoms with E-state index in [4.69, 9.17) is 9.47 Å². The first kappa shape index (κ1) is 19.0. The van der Waals surface area contributed by atoms with Crippen molar-refractivity contribution in [2.24, 2.45) is 0 Å². The van der Waals surface area contributed by atoms with E-state index in [1.807, 2.05) is 44.2 Å². The molecule has 146 valence electrons. The van der Waals surface area contributed by atoms with Gasteiger partial charge in [0.25, 0.3) is 5.91 Å². The van der Waals surface area contributed by atoms with E-state index in [9.17, 15) is 9.59 Å². The monoisotopic (exact) mass is 416 g/mol. The second kappa shape index (κ2) is 7.98. The number of nitrogens with zero attached hydrogens (tertiary/aromatic N) is 2. The van der Waals surface area contributed by atoms with Gasteiger partial charge < -0.3 is 14.4 Å². The number of aromatic nitrogens is 1. The van der Waals surface area contributed by atoms with Crippen LogP contribution in [0.4, 0.5) is 0 Å². The Hall–Kier alpha value is -2.29. The van der Waals surface area contributed by atoms with Crippen LogP contribution in [0.2, 0.25) is 0 Å². The Balaban J connectivity index is 1.38. The lowest BCUT2D eigenvalue weighted by Gasteiger charge is -2.35. The standard InChI is InChI=1S/C20H20N2O4S2/c1-12-9-22(10-13(2)26-12)18(23)11-25-20(24)17-8-7-16(27-17)19-21-14-5-3-4-6-15(14)28-19/h3-8,12-13H,9-11H2,1-2H3/t12-,13-/m1/s1. The van der Waals surface area contributed by atoms with Crippen molar-refractivity contribution < 1.29 is 19.1 Å². The zero-order chi connectivity index (χ0) is 19.7. The summed E-state index contributed by atoms with van der Waals surface area (Å²) in [4.78, 5) is 32.4. The molecular weight excluding hydrogens is 396 g/mol. The van der Waals surface area contributed by atoms with E-state index in [0.717, 1.165) is 20.1 Å². The molecule has 0 bridgehead atoms. The van der Waals surface area contributed by atoms with Crippen LogP contribution in [0.1, 0.15) is 23.5 Å². The number of carbonyl (C=O) groups is 2. The number of esters is 1. The van der Waals surface area contributed by atoms with Crippen molar-refractivity contribution in [3.8, 4) is 9.88 Å². The van der Waals surface area contributed by atoms with Crippen LogP contribution < -0.4 is 0 Å². The van der Waals surface area contributed by atoms with Crippen molar-refractivity contribution in [2.75, 3.05) is 19.7 Å². The van der Waals surface area contributed by atoms with Crippen LogP contribution in [0.15, 0.2) is 36.4 Å². The fourth-order valence-electron chi connectivity index (χ4n) is 3.21. The Morgan fingerprint density at radius 3 is 2.64 bits per heavy atom. The van der Waals surface area contributed by atoms with Gasteiger partial charge >= 0.3 is 5.97 Å². The highest BCUT2D eigenvalue weighted by Crippen LogP contribution is 2.34. The smallest absolute Gasteiger partial charge is 0.348 e. The van der Waals surface area contributed by atoms with Crippen LogP contribution in [0, 0.1) is 0 Å². The van der Waals surface area contributed by atoms with Crippen molar-refractivity contribution in [1.29, 1.82) is 0 Å². The Morgan fingerprint density at radius 2 is 1.89 bits per heavy atom. The summed E-state index contributed by atoms with van der Waals surface area (Å²) in [6.07, 6.45) is -0.0332. The minimum atomic E-state index is -0.486. The number of thiazole rings is 1. The minimum absolute atomic E-state index is 0.0166. The van der Waals surface area contributed by atoms with Gasteiger partial charge in [-0.1, -0.05) is 12.1 Å². The van der Waals surface area contributed by atoms with Gasteiger partial charge in [0.2, 0.25) is 0 Å². The van der Waals surface area contributed by atoms with Gasteiger partial charge in [0.1, 0.15) is 9.88 Å². The first-order valence-corrected chi connectivity index (χ1v) is 10.7. The number of para-hydroxylation sites is 1. The molecule has 1 aromatic carbocycles. The normalized spacial score (nSPS) is 19.7. The van der Waals surface area contributed by atoms with Gasteiger partial charge in [-0.3, -0.25) is 4.79 Å². The fourth-order valence-corrected chi connectivity index (χ4v) is 5.13. The van der Waals surface area contributed by atoms with E-state index in [1.165, 1.54) is 11.3 Å². The highest BCUT2D eigenvalue weighted by atomic mass is 32.1. The summed E-state index contributed by atoms with van der Waals surface area (Å²) in [5.41, 5.74) is 0.944. The summed E-state index contributed by atoms with van der Waals surface area (Å²) in [7, 11) is 0. The number of benzene rings is 1. The third-order valence-corrected chi connectivity index (χ3v) is 6.68. The Labute approximate surface area is 170 Å². The van der Waals surface area contributed by atoms with Gasteiger partial charge in [-0.25, -0.2) is 9.78 Å². The van der Waals surface area contributed by atoms with Crippen molar-refractivity contribution in [3.05, 3.63) is 41.3 Å². The second-order valence-electron chi connectivity index (χ2n) is 6.78. The maximum atomic E-state index is 12.4. The topological polar surface area (TPSA) is 68.7 Å². The molecule has 3 aromatic rings. The maximum Gasteiger partial charge on any atom is 0.348 e. The van der Waals surface area contributed by atoms with E-state index < -0.39 is 5.97 Å². The average Bonchev–Trinajstić information content (AvgIpc) is 3.31. The molecule has 0 N–H and O–H groups in total. The summed E-state index contributed by atoms with van der Waals surface area (Å²) >= 11 is 2.91. The molecular formula is C20H20N2O4S2. The van der Waals surface area contributed by atoms with Gasteiger partial charge in [-0.15, -0.1) is 22.7 Å². The fraction of sp³-hybridized carbons (Fsp3) is 0.350. The zero-order valence-electron chi connectivity index (χ0n) is 15.6. The van der Waals surface area contributed by atoms with Gasteiger partial charge in [0, 0.05) is 13.1 Å². The Morgan fingerprint density at radius 1 is 1.14 bits per heavy atom. The van der Waals surface area contributed by atoms with Crippen molar-refractivity contribution >= 4 is 44.8 Å². The molecule has 1 aliphatic heterocycles. The number of fused-ring (bicyclic) bond motifs is 1. The number of amides is 1. The molecule has 0 radical (unpaired) electrons. The molecule has 2 atom stereocenters. The van der Waals surface area contributed by atoms with E-state index in [2.05, 4.69) is 4.98 Å². The summed E-state index contributed by atoms with van der Waals surface area (Å²) in [5.74, 6) is -0.682. The largest absolute Gasteiger partial charge is 0.451 e. The molecule has 1 amide bonds. The van der Waals surface area contributed by atoms with Crippen LogP contribution in [0.25, 0.3) is 20.1 Å². The number of hydrogen-bond acceptors (Lipinski definition) is 7. The van der Waals surface area contributed by atoms with Crippen LogP contribution in [-0.4, -0.2) is 53.7 Å². The summed E-state index contributed by atoms with van der Waals surface area (Å²) < 4.78 is 12.0. The Bertz CT molecular complexity index is 969. The average molecular weight is 417 g/mol. The predicted molar refractivity (Wildman–Crippen MR) is 110 cm³/mol. The van der Waals surface area contributed by atoms with E-state index in [-0.39, 0.29) is 24.7 Å². The molecule has 1 aliphatic rings. The summed E-state index contributed by atoms with van der Waals surface area (Å²) in [6.45, 7) is 4.63. The number of thiophene rings is 1. The quantitative estimate of drug-likeness (QED) is 0.605. The third kappa shape index (κ3) is 4.09. The maximum absolute atomic E-state index is 12.4. The van der Waals surface area contributed by atoms with Gasteiger partial charge in [-0.05, 0) is 38.1 Å². The summed E-state index contributed by atoms with van der Waals surface area (Å²) in [6, 6.07) is 11.5. The van der Waals surface area contributed by atoms with E-state index in [0.29, 0.717) is 18.0 Å². The van der Waals surface area contributed by atoms with Crippen molar-refractivity contribution in [1.82, 2.24) is 9.88 Å². The molecule has 0 unspecified atom stereocenters. The van der Waals surface area contributed by atoms with Gasteiger partial charge in [-0.2, -0.15) is 0 Å². The minimum Gasteiger partial charge on any atom is -0.451 e. The predicted octanol–water partition coefficient (Wildman–Crippen LogP) is 3.82. The second-order valence-corrected chi connectivity index (χ2v) is 8.90. The lowest BCUT2D eigenvalue weighted by molar-refractivity contribution is -0.146. The van der Waals surface area contributed by atoms with Crippen LogP contribution >= 0.6 is 22.7 Å². The number of hydrogen-bond donors (Lipinski definition) is 0. The van der Waals surface area contributed by atoms with Crippen LogP contribution in [0.3, 0.4) is 0 Å². The molecule has 1 fully saturated rings. The molecule has 2 aromatic heterocycles. The number of morpholine rings is 1. The zero-order valence-corrected chi connectivity index (χ0v) is 17.2. The highest BCUT2D eigenvalue weighted by Gasteiger charge is 2.26. The number of ether oxygens (including phenoxy) is 2. The van der Waals surface area contributed by atoms with Crippen molar-refractivity contribution in [3.63, 3.8) is 0 Å². The van der Waals surface area contributed by atoms with E-state index >= 15 is 0 Å². The van der Waals surface area contributed by atoms with E-state index in [1.54, 1.807) is 22.3 Å².